The molecular weight excluding hydrogens is 414 g/mol. The number of halogens is 2. The quantitative estimate of drug-likeness (QED) is 0.657. The van der Waals surface area contributed by atoms with Gasteiger partial charge in [-0.15, -0.1) is 23.7 Å². The zero-order chi connectivity index (χ0) is 15.5. The highest BCUT2D eigenvalue weighted by Crippen LogP contribution is 2.25. The Kier molecular flexibility index (Phi) is 7.76. The number of thiophene rings is 1. The average Bonchev–Trinajstić information content (AvgIpc) is 2.87. The highest BCUT2D eigenvalue weighted by Gasteiger charge is 2.22. The fourth-order valence-electron chi connectivity index (χ4n) is 2.22. The largest absolute Gasteiger partial charge is 0.352 e. The molecule has 1 aromatic heterocycles. The van der Waals surface area contributed by atoms with Gasteiger partial charge in [-0.2, -0.15) is 0 Å². The molecule has 1 saturated carbocycles. The Morgan fingerprint density at radius 2 is 1.95 bits per heavy atom. The zero-order valence-corrected chi connectivity index (χ0v) is 15.8. The summed E-state index contributed by atoms with van der Waals surface area (Å²) in [6, 6.07) is 3.47. The highest BCUT2D eigenvalue weighted by atomic mass is 79.9. The molecule has 0 spiro atoms. The molecule has 4 N–H and O–H groups in total. The fourth-order valence-corrected chi connectivity index (χ4v) is 5.25. The number of rotatable bonds is 5. The Bertz CT molecular complexity index is 601. The van der Waals surface area contributed by atoms with Gasteiger partial charge in [-0.05, 0) is 53.7 Å². The summed E-state index contributed by atoms with van der Waals surface area (Å²) in [4.78, 5) is 11.8. The maximum Gasteiger partial charge on any atom is 0.250 e. The van der Waals surface area contributed by atoms with Crippen LogP contribution in [0, 0.1) is 0 Å². The molecule has 0 aliphatic heterocycles. The maximum absolute atomic E-state index is 12.0. The lowest BCUT2D eigenvalue weighted by Gasteiger charge is -2.26. The summed E-state index contributed by atoms with van der Waals surface area (Å²) >= 11 is 4.31. The van der Waals surface area contributed by atoms with Crippen molar-refractivity contribution in [1.82, 2.24) is 10.0 Å². The van der Waals surface area contributed by atoms with Crippen molar-refractivity contribution in [2.75, 3.05) is 6.54 Å². The topological polar surface area (TPSA) is 101 Å². The van der Waals surface area contributed by atoms with E-state index in [9.17, 15) is 13.2 Å². The summed E-state index contributed by atoms with van der Waals surface area (Å²) in [6.07, 6.45) is 3.47. The third-order valence-electron chi connectivity index (χ3n) is 3.37. The second-order valence-electron chi connectivity index (χ2n) is 5.06. The molecule has 1 aliphatic rings. The van der Waals surface area contributed by atoms with Crippen LogP contribution in [0.2, 0.25) is 0 Å². The number of carbonyl (C=O) groups is 1. The number of amides is 1. The van der Waals surface area contributed by atoms with E-state index in [1.807, 2.05) is 0 Å². The van der Waals surface area contributed by atoms with Crippen LogP contribution in [0.15, 0.2) is 20.1 Å². The molecule has 10 heteroatoms. The van der Waals surface area contributed by atoms with Crippen LogP contribution in [-0.2, 0) is 14.8 Å². The van der Waals surface area contributed by atoms with Gasteiger partial charge in [0.25, 0.3) is 10.0 Å². The Labute approximate surface area is 148 Å². The van der Waals surface area contributed by atoms with E-state index in [0.717, 1.165) is 40.8 Å². The molecule has 0 unspecified atom stereocenters. The van der Waals surface area contributed by atoms with E-state index in [1.54, 1.807) is 6.07 Å². The van der Waals surface area contributed by atoms with Gasteiger partial charge in [-0.25, -0.2) is 13.1 Å². The van der Waals surface area contributed by atoms with Crippen molar-refractivity contribution in [2.45, 2.75) is 42.0 Å². The molecule has 126 valence electrons. The van der Waals surface area contributed by atoms with Gasteiger partial charge in [-0.1, -0.05) is 0 Å². The van der Waals surface area contributed by atoms with Gasteiger partial charge in [0.15, 0.2) is 0 Å². The van der Waals surface area contributed by atoms with E-state index >= 15 is 0 Å². The molecule has 1 heterocycles. The number of sulfonamides is 1. The lowest BCUT2D eigenvalue weighted by molar-refractivity contribution is -0.120. The third kappa shape index (κ3) is 5.78. The lowest BCUT2D eigenvalue weighted by atomic mass is 9.92. The summed E-state index contributed by atoms with van der Waals surface area (Å²) in [5.74, 6) is -0.310. The number of hydrogen-bond donors (Lipinski definition) is 3. The molecule has 1 amide bonds. The van der Waals surface area contributed by atoms with Crippen molar-refractivity contribution in [2.24, 2.45) is 5.73 Å². The Balaban J connectivity index is 0.00000242. The van der Waals surface area contributed by atoms with Crippen molar-refractivity contribution in [3.05, 3.63) is 15.9 Å². The maximum atomic E-state index is 12.0. The minimum Gasteiger partial charge on any atom is -0.352 e. The van der Waals surface area contributed by atoms with Crippen LogP contribution in [-0.4, -0.2) is 33.0 Å². The fraction of sp³-hybridized carbons (Fsp3) is 0.583. The number of hydrogen-bond acceptors (Lipinski definition) is 5. The van der Waals surface area contributed by atoms with E-state index < -0.39 is 10.0 Å². The Morgan fingerprint density at radius 3 is 2.50 bits per heavy atom. The number of nitrogens with two attached hydrogens (primary N) is 1. The van der Waals surface area contributed by atoms with E-state index in [0.29, 0.717) is 0 Å². The van der Waals surface area contributed by atoms with Gasteiger partial charge < -0.3 is 11.1 Å². The van der Waals surface area contributed by atoms with Crippen molar-refractivity contribution >= 4 is 55.6 Å². The first-order valence-corrected chi connectivity index (χ1v) is 9.76. The SMILES string of the molecule is Cl.NC1CCC(NC(=O)CNS(=O)(=O)c2ccc(Br)s2)CC1. The van der Waals surface area contributed by atoms with Crippen molar-refractivity contribution in [1.29, 1.82) is 0 Å². The van der Waals surface area contributed by atoms with Gasteiger partial charge in [0.1, 0.15) is 4.21 Å². The second-order valence-corrected chi connectivity index (χ2v) is 9.52. The van der Waals surface area contributed by atoms with E-state index in [4.69, 9.17) is 5.73 Å². The smallest absolute Gasteiger partial charge is 0.250 e. The van der Waals surface area contributed by atoms with Crippen LogP contribution in [0.4, 0.5) is 0 Å². The van der Waals surface area contributed by atoms with Crippen molar-refractivity contribution in [3.8, 4) is 0 Å². The van der Waals surface area contributed by atoms with E-state index in [2.05, 4.69) is 26.0 Å². The molecule has 0 bridgehead atoms. The molecule has 2 rings (SSSR count). The van der Waals surface area contributed by atoms with Gasteiger partial charge in [0.05, 0.1) is 10.3 Å². The molecule has 22 heavy (non-hydrogen) atoms. The second kappa shape index (κ2) is 8.60. The predicted octanol–water partition coefficient (Wildman–Crippen LogP) is 1.60. The van der Waals surface area contributed by atoms with Crippen LogP contribution < -0.4 is 15.8 Å². The molecule has 1 fully saturated rings. The summed E-state index contributed by atoms with van der Waals surface area (Å²) in [7, 11) is -3.63. The van der Waals surface area contributed by atoms with Crippen LogP contribution in [0.3, 0.4) is 0 Å². The summed E-state index contributed by atoms with van der Waals surface area (Å²) in [6.45, 7) is -0.250. The molecule has 1 aromatic rings. The molecule has 0 aromatic carbocycles. The zero-order valence-electron chi connectivity index (χ0n) is 11.7. The Hall–Kier alpha value is -0.190. The van der Waals surface area contributed by atoms with Gasteiger partial charge in [-0.3, -0.25) is 4.79 Å². The predicted molar refractivity (Wildman–Crippen MR) is 92.8 cm³/mol. The normalized spacial score (nSPS) is 21.9. The first-order valence-electron chi connectivity index (χ1n) is 6.67. The molecular formula is C12H19BrClN3O3S2. The number of carbonyl (C=O) groups excluding carboxylic acids is 1. The molecule has 6 nitrogen and oxygen atoms in total. The average molecular weight is 433 g/mol. The monoisotopic (exact) mass is 431 g/mol. The minimum atomic E-state index is -3.63. The first kappa shape index (κ1) is 19.9. The van der Waals surface area contributed by atoms with Crippen LogP contribution >= 0.6 is 39.7 Å². The molecule has 0 radical (unpaired) electrons. The molecule has 1 aliphatic carbocycles. The molecule has 0 saturated heterocycles. The van der Waals surface area contributed by atoms with Crippen molar-refractivity contribution in [3.63, 3.8) is 0 Å². The third-order valence-corrected chi connectivity index (χ3v) is 6.89. The van der Waals surface area contributed by atoms with Gasteiger partial charge in [0.2, 0.25) is 5.91 Å². The minimum absolute atomic E-state index is 0. The van der Waals surface area contributed by atoms with E-state index in [-0.39, 0.29) is 41.2 Å². The lowest BCUT2D eigenvalue weighted by Crippen LogP contribution is -2.44. The summed E-state index contributed by atoms with van der Waals surface area (Å²) in [5, 5.41) is 2.84. The molecule has 0 atom stereocenters. The van der Waals surface area contributed by atoms with Crippen LogP contribution in [0.25, 0.3) is 0 Å². The summed E-state index contributed by atoms with van der Waals surface area (Å²) in [5.41, 5.74) is 5.80. The van der Waals surface area contributed by atoms with E-state index in [1.165, 1.54) is 6.07 Å². The number of nitrogens with one attached hydrogen (secondary N) is 2. The van der Waals surface area contributed by atoms with Crippen LogP contribution in [0.1, 0.15) is 25.7 Å². The van der Waals surface area contributed by atoms with Crippen molar-refractivity contribution < 1.29 is 13.2 Å². The Morgan fingerprint density at radius 1 is 1.32 bits per heavy atom. The van der Waals surface area contributed by atoms with Crippen LogP contribution in [0.5, 0.6) is 0 Å². The first-order chi connectivity index (χ1) is 9.87. The highest BCUT2D eigenvalue weighted by molar-refractivity contribution is 9.11. The summed E-state index contributed by atoms with van der Waals surface area (Å²) < 4.78 is 27.2. The van der Waals surface area contributed by atoms with Gasteiger partial charge in [0, 0.05) is 12.1 Å². The standard InChI is InChI=1S/C12H18BrN3O3S2.ClH/c13-10-5-6-12(20-10)21(18,19)15-7-11(17)16-9-3-1-8(14)2-4-9;/h5-6,8-9,15H,1-4,7,14H2,(H,16,17);1H. The van der Waals surface area contributed by atoms with Gasteiger partial charge >= 0.3 is 0 Å².